The summed E-state index contributed by atoms with van der Waals surface area (Å²) in [7, 11) is 2.33. The third-order valence-electron chi connectivity index (χ3n) is 3.48. The summed E-state index contributed by atoms with van der Waals surface area (Å²) in [6, 6.07) is 6.17. The van der Waals surface area contributed by atoms with Crippen molar-refractivity contribution in [1.29, 1.82) is 0 Å². The minimum atomic E-state index is -1.09. The number of alkyl halides is 1. The van der Waals surface area contributed by atoms with Crippen molar-refractivity contribution in [3.63, 3.8) is 0 Å². The molecule has 1 aliphatic heterocycles. The van der Waals surface area contributed by atoms with Gasteiger partial charge < -0.3 is 4.90 Å². The van der Waals surface area contributed by atoms with E-state index in [1.54, 1.807) is 0 Å². The van der Waals surface area contributed by atoms with E-state index < -0.39 is 5.41 Å². The quantitative estimate of drug-likeness (QED) is 0.728. The lowest BCUT2D eigenvalue weighted by molar-refractivity contribution is 0.167. The van der Waals surface area contributed by atoms with Gasteiger partial charge in [0.25, 0.3) is 0 Å². The number of aryl methyl sites for hydroxylation is 1. The molecule has 1 atom stereocenters. The summed E-state index contributed by atoms with van der Waals surface area (Å²) in [4.78, 5) is 2.18. The van der Waals surface area contributed by atoms with Crippen LogP contribution in [0.2, 0.25) is 0 Å². The molecule has 2 rings (SSSR count). The summed E-state index contributed by atoms with van der Waals surface area (Å²) in [6.45, 7) is 7.70. The number of benzene rings is 1. The van der Waals surface area contributed by atoms with Gasteiger partial charge in [-0.3, -0.25) is 0 Å². The highest BCUT2D eigenvalue weighted by atomic mass is 79.9. The Morgan fingerprint density at radius 1 is 1.44 bits per heavy atom. The predicted molar refractivity (Wildman–Crippen MR) is 82.3 cm³/mol. The highest BCUT2D eigenvalue weighted by molar-refractivity contribution is 9.10. The molecule has 18 heavy (non-hydrogen) atoms. The molecule has 1 saturated heterocycles. The molecular weight excluding hydrogens is 312 g/mol. The minimum absolute atomic E-state index is 0.548. The lowest BCUT2D eigenvalue weighted by atomic mass is 10.0. The third-order valence-corrected chi connectivity index (χ3v) is 4.55. The van der Waals surface area contributed by atoms with Crippen LogP contribution in [0, 0.1) is 6.92 Å². The van der Waals surface area contributed by atoms with Crippen LogP contribution < -0.4 is 0 Å². The Labute approximate surface area is 119 Å². The average molecular weight is 330 g/mol. The molecule has 0 amide bonds. The molecule has 1 nitrogen and oxygen atoms in total. The first-order chi connectivity index (χ1) is 8.39. The summed E-state index contributed by atoms with van der Waals surface area (Å²) in [5.41, 5.74) is 3.34. The number of nitrogens with zero attached hydrogens (tertiary/aromatic N) is 1. The number of rotatable bonds is 2. The second kappa shape index (κ2) is 5.30. The zero-order chi connectivity index (χ0) is 13.3. The van der Waals surface area contributed by atoms with Gasteiger partial charge in [0.1, 0.15) is 5.41 Å². The molecule has 1 unspecified atom stereocenters. The van der Waals surface area contributed by atoms with E-state index in [0.717, 1.165) is 28.8 Å². The molecule has 0 radical (unpaired) electrons. The second-order valence-electron chi connectivity index (χ2n) is 4.93. The van der Waals surface area contributed by atoms with Gasteiger partial charge in [-0.05, 0) is 24.6 Å². The molecule has 1 aromatic carbocycles. The van der Waals surface area contributed by atoms with E-state index in [-0.39, 0.29) is 0 Å². The van der Waals surface area contributed by atoms with Crippen molar-refractivity contribution >= 4 is 30.9 Å². The zero-order valence-electron chi connectivity index (χ0n) is 10.5. The summed E-state index contributed by atoms with van der Waals surface area (Å²) in [5.74, 6) is 0. The van der Waals surface area contributed by atoms with Gasteiger partial charge in [-0.1, -0.05) is 37.8 Å². The normalized spacial score (nSPS) is 18.8. The Hall–Kier alpha value is -0.400. The van der Waals surface area contributed by atoms with E-state index in [9.17, 15) is 4.39 Å². The number of hydrogen-bond donors (Lipinski definition) is 0. The molecule has 0 aliphatic carbocycles. The predicted octanol–water partition coefficient (Wildman–Crippen LogP) is 4.36. The van der Waals surface area contributed by atoms with Crippen LogP contribution in [0.4, 0.5) is 4.39 Å². The van der Waals surface area contributed by atoms with Crippen molar-refractivity contribution in [2.24, 2.45) is 0 Å². The van der Waals surface area contributed by atoms with E-state index in [4.69, 9.17) is 0 Å². The van der Waals surface area contributed by atoms with Crippen molar-refractivity contribution in [2.75, 3.05) is 13.1 Å². The molecule has 0 bridgehead atoms. The summed E-state index contributed by atoms with van der Waals surface area (Å²) >= 11 is 3.46. The van der Waals surface area contributed by atoms with Crippen LogP contribution in [0.3, 0.4) is 0 Å². The smallest absolute Gasteiger partial charge is 0.127 e. The van der Waals surface area contributed by atoms with Crippen molar-refractivity contribution in [1.82, 2.24) is 4.90 Å². The monoisotopic (exact) mass is 329 g/mol. The van der Waals surface area contributed by atoms with Gasteiger partial charge in [-0.15, -0.1) is 0 Å². The Balaban J connectivity index is 2.13. The third kappa shape index (κ3) is 3.13. The summed E-state index contributed by atoms with van der Waals surface area (Å²) in [5, 5.41) is -1.09. The topological polar surface area (TPSA) is 3.24 Å². The van der Waals surface area contributed by atoms with Gasteiger partial charge in [-0.2, -0.15) is 0 Å². The van der Waals surface area contributed by atoms with E-state index in [1.807, 2.05) is 6.07 Å². The number of halogens is 2. The minimum Gasteiger partial charge on any atom is -0.371 e. The van der Waals surface area contributed by atoms with Crippen LogP contribution in [0.5, 0.6) is 0 Å². The fourth-order valence-corrected chi connectivity index (χ4v) is 3.00. The number of likely N-dealkylation sites (tertiary alicyclic amines) is 1. The van der Waals surface area contributed by atoms with E-state index in [0.29, 0.717) is 12.8 Å². The highest BCUT2D eigenvalue weighted by Gasteiger charge is 2.30. The molecule has 1 fully saturated rings. The average Bonchev–Trinajstić information content (AvgIpc) is 2.28. The fraction of sp³-hybridized carbons (Fsp3) is 0.429. The zero-order valence-corrected chi connectivity index (χ0v) is 13.3. The maximum atomic E-state index is 13.7. The van der Waals surface area contributed by atoms with E-state index in [2.05, 4.69) is 55.7 Å². The van der Waals surface area contributed by atoms with Gasteiger partial charge in [0.05, 0.1) is 0 Å². The molecule has 0 saturated carbocycles. The molecule has 0 spiro atoms. The van der Waals surface area contributed by atoms with Crippen LogP contribution in [0.15, 0.2) is 29.3 Å². The number of hydrogen-bond acceptors (Lipinski definition) is 1. The van der Waals surface area contributed by atoms with Crippen LogP contribution in [0.1, 0.15) is 24.0 Å². The van der Waals surface area contributed by atoms with Crippen LogP contribution in [-0.4, -0.2) is 23.4 Å². The Morgan fingerprint density at radius 3 is 2.61 bits per heavy atom. The Kier molecular flexibility index (Phi) is 4.13. The van der Waals surface area contributed by atoms with Gasteiger partial charge in [0.2, 0.25) is 0 Å². The van der Waals surface area contributed by atoms with Crippen molar-refractivity contribution in [3.8, 4) is 0 Å². The van der Waals surface area contributed by atoms with Gasteiger partial charge >= 0.3 is 0 Å². The molecule has 0 aromatic heterocycles. The molecule has 4 heteroatoms. The maximum absolute atomic E-state index is 13.7. The van der Waals surface area contributed by atoms with Crippen LogP contribution >= 0.6 is 25.2 Å². The molecule has 1 aliphatic rings. The first-order valence-electron chi connectivity index (χ1n) is 6.07. The van der Waals surface area contributed by atoms with Gasteiger partial charge in [0, 0.05) is 41.7 Å². The molecular formula is C14H18BrFNP. The van der Waals surface area contributed by atoms with Gasteiger partial charge in [-0.25, -0.2) is 4.39 Å². The molecule has 1 aromatic rings. The lowest BCUT2D eigenvalue weighted by Gasteiger charge is -2.36. The van der Waals surface area contributed by atoms with Crippen molar-refractivity contribution in [3.05, 3.63) is 40.4 Å². The van der Waals surface area contributed by atoms with Crippen molar-refractivity contribution < 1.29 is 4.39 Å². The fourth-order valence-electron chi connectivity index (χ4n) is 2.27. The second-order valence-corrected chi connectivity index (χ2v) is 6.88. The van der Waals surface area contributed by atoms with Crippen LogP contribution in [-0.2, 0) is 0 Å². The SMILES string of the molecule is C=C(c1ccc(Br)cc1C)N1CCC(F)(P)CC1. The van der Waals surface area contributed by atoms with Gasteiger partial charge in [0.15, 0.2) is 0 Å². The van der Waals surface area contributed by atoms with Crippen molar-refractivity contribution in [2.45, 2.75) is 25.2 Å². The number of piperidine rings is 1. The highest BCUT2D eigenvalue weighted by Crippen LogP contribution is 2.35. The van der Waals surface area contributed by atoms with E-state index >= 15 is 0 Å². The molecule has 0 N–H and O–H groups in total. The Morgan fingerprint density at radius 2 is 2.06 bits per heavy atom. The summed E-state index contributed by atoms with van der Waals surface area (Å²) < 4.78 is 14.8. The maximum Gasteiger partial charge on any atom is 0.127 e. The molecule has 98 valence electrons. The van der Waals surface area contributed by atoms with E-state index in [1.165, 1.54) is 5.56 Å². The first kappa shape index (κ1) is 14.0. The van der Waals surface area contributed by atoms with Crippen LogP contribution in [0.25, 0.3) is 5.70 Å². The lowest BCUT2D eigenvalue weighted by Crippen LogP contribution is -2.37. The summed E-state index contributed by atoms with van der Waals surface area (Å²) in [6.07, 6.45) is 1.10. The first-order valence-corrected chi connectivity index (χ1v) is 7.44. The largest absolute Gasteiger partial charge is 0.371 e. The standard InChI is InChI=1S/C14H18BrFNP/c1-10-9-12(15)3-4-13(10)11(2)17-7-5-14(16,18)6-8-17/h3-4,9H,2,5-8,18H2,1H3. The Bertz CT molecular complexity index is 463. The molecule has 1 heterocycles.